The summed E-state index contributed by atoms with van der Waals surface area (Å²) in [4.78, 5) is 13.6. The first-order valence-corrected chi connectivity index (χ1v) is 10.4. The largest absolute Gasteiger partial charge is 0.482 e. The van der Waals surface area contributed by atoms with Crippen molar-refractivity contribution in [3.05, 3.63) is 65.7 Å². The summed E-state index contributed by atoms with van der Waals surface area (Å²) < 4.78 is 10.0. The zero-order valence-electron chi connectivity index (χ0n) is 16.9. The van der Waals surface area contributed by atoms with Gasteiger partial charge in [-0.3, -0.25) is 4.90 Å². The Kier molecular flexibility index (Phi) is 5.88. The lowest BCUT2D eigenvalue weighted by Gasteiger charge is -2.41. The number of hydrogen-bond donors (Lipinski definition) is 1. The Morgan fingerprint density at radius 1 is 1.14 bits per heavy atom. The molecule has 1 heterocycles. The zero-order chi connectivity index (χ0) is 20.3. The average molecular weight is 395 g/mol. The Bertz CT molecular complexity index is 823. The summed E-state index contributed by atoms with van der Waals surface area (Å²) in [5.41, 5.74) is 1.55. The van der Waals surface area contributed by atoms with Gasteiger partial charge in [0.2, 0.25) is 0 Å². The molecule has 3 atom stereocenters. The molecule has 5 nitrogen and oxygen atoms in total. The molecule has 5 heteroatoms. The Hall–Kier alpha value is -2.37. The van der Waals surface area contributed by atoms with Crippen LogP contribution in [0.4, 0.5) is 0 Å². The normalized spacial score (nSPS) is 26.7. The van der Waals surface area contributed by atoms with E-state index in [1.807, 2.05) is 42.5 Å². The molecule has 2 fully saturated rings. The first kappa shape index (κ1) is 19.9. The minimum absolute atomic E-state index is 0.0800. The third kappa shape index (κ3) is 4.31. The minimum Gasteiger partial charge on any atom is -0.482 e. The average Bonchev–Trinajstić information content (AvgIpc) is 3.18. The lowest BCUT2D eigenvalue weighted by molar-refractivity contribution is -0.142. The molecular weight excluding hydrogens is 366 g/mol. The van der Waals surface area contributed by atoms with Crippen LogP contribution in [0.5, 0.6) is 5.75 Å². The molecular formula is C24H29NO4. The van der Waals surface area contributed by atoms with Crippen molar-refractivity contribution in [3.63, 3.8) is 0 Å². The van der Waals surface area contributed by atoms with E-state index in [2.05, 4.69) is 21.8 Å². The molecule has 1 N–H and O–H groups in total. The van der Waals surface area contributed by atoms with Gasteiger partial charge in [0, 0.05) is 25.6 Å². The number of ether oxygens (including phenoxy) is 2. The van der Waals surface area contributed by atoms with E-state index in [1.165, 1.54) is 19.1 Å². The Labute approximate surface area is 172 Å². The van der Waals surface area contributed by atoms with Crippen LogP contribution in [0, 0.1) is 11.8 Å². The maximum Gasteiger partial charge on any atom is 0.343 e. The van der Waals surface area contributed by atoms with E-state index in [0.29, 0.717) is 11.7 Å². The monoisotopic (exact) mass is 395 g/mol. The first-order chi connectivity index (χ1) is 14.1. The second-order valence-electron chi connectivity index (χ2n) is 8.25. The molecule has 1 aliphatic heterocycles. The van der Waals surface area contributed by atoms with Gasteiger partial charge >= 0.3 is 5.97 Å². The number of aliphatic hydroxyl groups is 1. The molecule has 1 saturated carbocycles. The summed E-state index contributed by atoms with van der Waals surface area (Å²) in [7, 11) is 1.35. The van der Waals surface area contributed by atoms with Crippen molar-refractivity contribution in [2.45, 2.75) is 31.4 Å². The molecule has 0 unspecified atom stereocenters. The predicted molar refractivity (Wildman–Crippen MR) is 110 cm³/mol. The van der Waals surface area contributed by atoms with Crippen molar-refractivity contribution >= 4 is 5.97 Å². The summed E-state index contributed by atoms with van der Waals surface area (Å²) in [6.45, 7) is 2.72. The second kappa shape index (κ2) is 8.56. The van der Waals surface area contributed by atoms with Crippen LogP contribution in [0.15, 0.2) is 54.6 Å². The molecule has 0 bridgehead atoms. The number of carbonyl (C=O) groups is 1. The summed E-state index contributed by atoms with van der Waals surface area (Å²) in [6.07, 6.45) is 3.11. The lowest BCUT2D eigenvalue weighted by Crippen LogP contribution is -2.42. The summed E-state index contributed by atoms with van der Waals surface area (Å²) in [6, 6.07) is 18.0. The topological polar surface area (TPSA) is 59.0 Å². The number of nitrogens with zero attached hydrogens (tertiary/aromatic N) is 1. The van der Waals surface area contributed by atoms with Gasteiger partial charge in [-0.25, -0.2) is 4.79 Å². The molecule has 2 aromatic carbocycles. The van der Waals surface area contributed by atoms with Gasteiger partial charge in [-0.2, -0.15) is 0 Å². The van der Waals surface area contributed by atoms with Crippen LogP contribution < -0.4 is 4.74 Å². The number of likely N-dealkylation sites (tertiary alicyclic amines) is 1. The zero-order valence-corrected chi connectivity index (χ0v) is 16.9. The Balaban J connectivity index is 1.40. The van der Waals surface area contributed by atoms with E-state index >= 15 is 0 Å². The van der Waals surface area contributed by atoms with Crippen molar-refractivity contribution in [3.8, 4) is 5.75 Å². The van der Waals surface area contributed by atoms with E-state index in [4.69, 9.17) is 4.74 Å². The van der Waals surface area contributed by atoms with Gasteiger partial charge in [0.05, 0.1) is 12.7 Å². The number of benzene rings is 2. The molecule has 4 rings (SSSR count). The molecule has 0 aromatic heterocycles. The number of methoxy groups -OCH3 is 1. The maximum absolute atomic E-state index is 11.6. The molecule has 29 heavy (non-hydrogen) atoms. The Morgan fingerprint density at radius 2 is 1.90 bits per heavy atom. The van der Waals surface area contributed by atoms with Gasteiger partial charge in [0.25, 0.3) is 0 Å². The van der Waals surface area contributed by atoms with Crippen LogP contribution in [0.3, 0.4) is 0 Å². The number of hydrogen-bond acceptors (Lipinski definition) is 5. The van der Waals surface area contributed by atoms with Crippen molar-refractivity contribution in [2.75, 3.05) is 26.8 Å². The predicted octanol–water partition coefficient (Wildman–Crippen LogP) is 3.36. The molecule has 1 saturated heterocycles. The number of esters is 1. The van der Waals surface area contributed by atoms with Crippen molar-refractivity contribution in [1.29, 1.82) is 0 Å². The van der Waals surface area contributed by atoms with Gasteiger partial charge in [-0.05, 0) is 48.4 Å². The number of carbonyl (C=O) groups excluding carboxylic acids is 1. The molecule has 0 radical (unpaired) electrons. The molecule has 0 spiro atoms. The highest BCUT2D eigenvalue weighted by molar-refractivity contribution is 5.70. The lowest BCUT2D eigenvalue weighted by atomic mass is 9.67. The smallest absolute Gasteiger partial charge is 0.343 e. The van der Waals surface area contributed by atoms with E-state index < -0.39 is 5.60 Å². The summed E-state index contributed by atoms with van der Waals surface area (Å²) in [5.74, 6) is 1.09. The quantitative estimate of drug-likeness (QED) is 0.760. The molecule has 1 aliphatic carbocycles. The van der Waals surface area contributed by atoms with Crippen LogP contribution in [0.1, 0.15) is 30.4 Å². The van der Waals surface area contributed by atoms with E-state index in [0.717, 1.165) is 38.0 Å². The molecule has 2 aliphatic rings. The fourth-order valence-corrected chi connectivity index (χ4v) is 4.98. The van der Waals surface area contributed by atoms with Gasteiger partial charge in [-0.15, -0.1) is 0 Å². The maximum atomic E-state index is 11.6. The molecule has 154 valence electrons. The highest BCUT2D eigenvalue weighted by atomic mass is 16.6. The fourth-order valence-electron chi connectivity index (χ4n) is 4.98. The van der Waals surface area contributed by atoms with E-state index in [-0.39, 0.29) is 18.5 Å². The van der Waals surface area contributed by atoms with Gasteiger partial charge < -0.3 is 14.6 Å². The van der Waals surface area contributed by atoms with Gasteiger partial charge in [-0.1, -0.05) is 42.5 Å². The van der Waals surface area contributed by atoms with Crippen LogP contribution in [0.25, 0.3) is 0 Å². The van der Waals surface area contributed by atoms with Crippen LogP contribution in [-0.4, -0.2) is 42.8 Å². The van der Waals surface area contributed by atoms with Crippen LogP contribution in [-0.2, 0) is 21.7 Å². The fraction of sp³-hybridized carbons (Fsp3) is 0.458. The van der Waals surface area contributed by atoms with Gasteiger partial charge in [0.1, 0.15) is 5.75 Å². The summed E-state index contributed by atoms with van der Waals surface area (Å²) in [5, 5.41) is 11.6. The van der Waals surface area contributed by atoms with Crippen molar-refractivity contribution in [1.82, 2.24) is 4.90 Å². The highest BCUT2D eigenvalue weighted by Crippen LogP contribution is 2.48. The third-order valence-corrected chi connectivity index (χ3v) is 6.45. The minimum atomic E-state index is -0.718. The number of fused-ring (bicyclic) bond motifs is 1. The van der Waals surface area contributed by atoms with E-state index in [1.54, 1.807) is 0 Å². The van der Waals surface area contributed by atoms with Crippen molar-refractivity contribution < 1.29 is 19.4 Å². The SMILES string of the molecule is COC(=O)COc1ccc(CN2C[C@@H]3CCC[C@@](O)(c4ccccc4)[C@@H]3C2)cc1. The van der Waals surface area contributed by atoms with Crippen molar-refractivity contribution in [2.24, 2.45) is 11.8 Å². The number of rotatable bonds is 6. The molecule has 2 aromatic rings. The van der Waals surface area contributed by atoms with E-state index in [9.17, 15) is 9.90 Å². The van der Waals surface area contributed by atoms with Crippen LogP contribution in [0.2, 0.25) is 0 Å². The highest BCUT2D eigenvalue weighted by Gasteiger charge is 2.49. The first-order valence-electron chi connectivity index (χ1n) is 10.4. The molecule has 0 amide bonds. The van der Waals surface area contributed by atoms with Gasteiger partial charge in [0.15, 0.2) is 6.61 Å². The third-order valence-electron chi connectivity index (χ3n) is 6.45. The summed E-state index contributed by atoms with van der Waals surface area (Å²) >= 11 is 0. The van der Waals surface area contributed by atoms with Crippen LogP contribution >= 0.6 is 0 Å². The standard InChI is InChI=1S/C24H29NO4/c1-28-23(26)17-29-21-11-9-18(10-12-21)14-25-15-19-6-5-13-24(27,22(19)16-25)20-7-3-2-4-8-20/h2-4,7-12,19,22,27H,5-6,13-17H2,1H3/t19-,22+,24+/m0/s1. The second-order valence-corrected chi connectivity index (χ2v) is 8.25. The Morgan fingerprint density at radius 3 is 2.62 bits per heavy atom.